The topological polar surface area (TPSA) is 0 Å². The van der Waals surface area contributed by atoms with E-state index in [1.807, 2.05) is 29.6 Å². The lowest BCUT2D eigenvalue weighted by molar-refractivity contribution is 0.886. The molecular weight excluding hydrogens is 243 g/mol. The van der Waals surface area contributed by atoms with E-state index in [4.69, 9.17) is 23.2 Å². The number of hydrogen-bond donors (Lipinski definition) is 0. The Labute approximate surface area is 98.1 Å². The van der Waals surface area contributed by atoms with Crippen LogP contribution >= 0.6 is 46.7 Å². The molecule has 0 aliphatic carbocycles. The predicted octanol–water partition coefficient (Wildman–Crippen LogP) is 4.30. The first-order chi connectivity index (χ1) is 6.25. The van der Waals surface area contributed by atoms with Crippen molar-refractivity contribution in [2.45, 2.75) is 11.0 Å². The summed E-state index contributed by atoms with van der Waals surface area (Å²) in [6, 6.07) is 0. The van der Waals surface area contributed by atoms with Crippen LogP contribution in [0.15, 0.2) is 23.2 Å². The summed E-state index contributed by atoms with van der Waals surface area (Å²) in [5.41, 5.74) is 1.54. The van der Waals surface area contributed by atoms with Gasteiger partial charge in [-0.2, -0.15) is 0 Å². The summed E-state index contributed by atoms with van der Waals surface area (Å²) in [5, 5.41) is 0.684. The minimum Gasteiger partial charge on any atom is -0.147 e. The van der Waals surface area contributed by atoms with Crippen molar-refractivity contribution in [2.24, 2.45) is 5.92 Å². The molecule has 0 aromatic carbocycles. The second-order valence-corrected chi connectivity index (χ2v) is 6.29. The molecule has 0 aromatic rings. The van der Waals surface area contributed by atoms with Gasteiger partial charge < -0.3 is 0 Å². The largest absolute Gasteiger partial charge is 0.147 e. The van der Waals surface area contributed by atoms with Crippen LogP contribution in [0.25, 0.3) is 0 Å². The fourth-order valence-corrected chi connectivity index (χ4v) is 4.80. The van der Waals surface area contributed by atoms with E-state index < -0.39 is 0 Å². The van der Waals surface area contributed by atoms with Gasteiger partial charge in [-0.15, -0.1) is 23.5 Å². The minimum absolute atomic E-state index is 0.203. The van der Waals surface area contributed by atoms with Crippen molar-refractivity contribution in [1.29, 1.82) is 0 Å². The molecule has 1 saturated heterocycles. The van der Waals surface area contributed by atoms with Crippen molar-refractivity contribution in [3.8, 4) is 0 Å². The van der Waals surface area contributed by atoms with Crippen LogP contribution in [0.4, 0.5) is 0 Å². The van der Waals surface area contributed by atoms with Gasteiger partial charge >= 0.3 is 0 Å². The summed E-state index contributed by atoms with van der Waals surface area (Å²) in [5.74, 6) is 2.64. The summed E-state index contributed by atoms with van der Waals surface area (Å²) in [7, 11) is 0. The third-order valence-electron chi connectivity index (χ3n) is 1.79. The zero-order valence-electron chi connectivity index (χ0n) is 7.21. The van der Waals surface area contributed by atoms with Gasteiger partial charge in [-0.1, -0.05) is 35.9 Å². The molecule has 1 rings (SSSR count). The third-order valence-corrected chi connectivity index (χ3v) is 5.29. The first-order valence-corrected chi connectivity index (χ1v) is 7.01. The van der Waals surface area contributed by atoms with Crippen LogP contribution in [0.5, 0.6) is 0 Å². The van der Waals surface area contributed by atoms with Gasteiger partial charge in [-0.05, 0) is 17.9 Å². The maximum atomic E-state index is 5.92. The highest BCUT2D eigenvalue weighted by Gasteiger charge is 2.24. The van der Waals surface area contributed by atoms with E-state index in [9.17, 15) is 0 Å². The standard InChI is InChI=1S/C9H12Cl2S2/c1-7(11)8(3-4-10)9-12-5-2-6-13-9/h3-4,8-9H,1-2,5-6H2. The van der Waals surface area contributed by atoms with Crippen LogP contribution < -0.4 is 0 Å². The number of thioether (sulfide) groups is 2. The first-order valence-electron chi connectivity index (χ1n) is 4.10. The van der Waals surface area contributed by atoms with Crippen LogP contribution in [0.1, 0.15) is 6.42 Å². The molecule has 1 atom stereocenters. The summed E-state index contributed by atoms with van der Waals surface area (Å²) < 4.78 is 0.494. The Morgan fingerprint density at radius 1 is 1.46 bits per heavy atom. The highest BCUT2D eigenvalue weighted by atomic mass is 35.5. The van der Waals surface area contributed by atoms with Crippen molar-refractivity contribution < 1.29 is 0 Å². The van der Waals surface area contributed by atoms with Gasteiger partial charge in [0.1, 0.15) is 0 Å². The Morgan fingerprint density at radius 2 is 2.08 bits per heavy atom. The predicted molar refractivity (Wildman–Crippen MR) is 66.8 cm³/mol. The van der Waals surface area contributed by atoms with Gasteiger partial charge in [0.25, 0.3) is 0 Å². The van der Waals surface area contributed by atoms with Crippen LogP contribution in [-0.4, -0.2) is 16.1 Å². The summed E-state index contributed by atoms with van der Waals surface area (Å²) >= 11 is 15.4. The van der Waals surface area contributed by atoms with E-state index in [0.717, 1.165) is 0 Å². The van der Waals surface area contributed by atoms with Gasteiger partial charge in [-0.25, -0.2) is 0 Å². The monoisotopic (exact) mass is 254 g/mol. The lowest BCUT2D eigenvalue weighted by Crippen LogP contribution is -2.16. The lowest BCUT2D eigenvalue weighted by Gasteiger charge is -2.26. The summed E-state index contributed by atoms with van der Waals surface area (Å²) in [6.07, 6.45) is 3.21. The molecule has 0 bridgehead atoms. The third kappa shape index (κ3) is 3.78. The summed E-state index contributed by atoms with van der Waals surface area (Å²) in [6.45, 7) is 3.78. The van der Waals surface area contributed by atoms with Gasteiger partial charge in [0.2, 0.25) is 0 Å². The first kappa shape index (κ1) is 11.8. The zero-order chi connectivity index (χ0) is 9.68. The average Bonchev–Trinajstić information content (AvgIpc) is 2.15. The normalized spacial score (nSPS) is 22.0. The van der Waals surface area contributed by atoms with E-state index >= 15 is 0 Å². The second kappa shape index (κ2) is 6.28. The molecule has 0 aromatic heterocycles. The minimum atomic E-state index is 0.203. The molecule has 0 saturated carbocycles. The fourth-order valence-electron chi connectivity index (χ4n) is 1.13. The molecule has 0 amide bonds. The SMILES string of the molecule is C=C(Cl)C(C=CCl)C1SCCCS1. The van der Waals surface area contributed by atoms with Crippen LogP contribution in [-0.2, 0) is 0 Å². The molecule has 1 aliphatic rings. The highest BCUT2D eigenvalue weighted by molar-refractivity contribution is 8.17. The molecule has 0 spiro atoms. The van der Waals surface area contributed by atoms with E-state index in [1.165, 1.54) is 23.5 Å². The Kier molecular flexibility index (Phi) is 5.72. The Bertz CT molecular complexity index is 198. The fraction of sp³-hybridized carbons (Fsp3) is 0.556. The number of halogens is 2. The molecule has 0 N–H and O–H groups in total. The maximum absolute atomic E-state index is 5.92. The molecule has 0 nitrogen and oxygen atoms in total. The van der Waals surface area contributed by atoms with Crippen LogP contribution in [0.3, 0.4) is 0 Å². The second-order valence-electron chi connectivity index (χ2n) is 2.75. The van der Waals surface area contributed by atoms with Crippen molar-refractivity contribution in [1.82, 2.24) is 0 Å². The van der Waals surface area contributed by atoms with Gasteiger partial charge in [0.15, 0.2) is 0 Å². The van der Waals surface area contributed by atoms with Crippen LogP contribution in [0.2, 0.25) is 0 Å². The van der Waals surface area contributed by atoms with Gasteiger partial charge in [0.05, 0.1) is 4.58 Å². The van der Waals surface area contributed by atoms with Crippen molar-refractivity contribution >= 4 is 46.7 Å². The number of rotatable bonds is 3. The number of allylic oxidation sites excluding steroid dienone is 2. The van der Waals surface area contributed by atoms with E-state index in [2.05, 4.69) is 6.58 Å². The number of hydrogen-bond acceptors (Lipinski definition) is 2. The quantitative estimate of drug-likeness (QED) is 0.737. The molecule has 4 heteroatoms. The summed E-state index contributed by atoms with van der Waals surface area (Å²) in [4.78, 5) is 0. The molecular formula is C9H12Cl2S2. The van der Waals surface area contributed by atoms with Crippen molar-refractivity contribution in [3.63, 3.8) is 0 Å². The molecule has 1 aliphatic heterocycles. The Hall–Kier alpha value is 0.760. The highest BCUT2D eigenvalue weighted by Crippen LogP contribution is 2.40. The maximum Gasteiger partial charge on any atom is 0.0614 e. The molecule has 1 unspecified atom stereocenters. The molecule has 1 heterocycles. The van der Waals surface area contributed by atoms with E-state index in [1.54, 1.807) is 0 Å². The van der Waals surface area contributed by atoms with Crippen molar-refractivity contribution in [3.05, 3.63) is 23.2 Å². The Balaban J connectivity index is 2.56. The molecule has 1 fully saturated rings. The van der Waals surface area contributed by atoms with Gasteiger partial charge in [0, 0.05) is 16.5 Å². The molecule has 13 heavy (non-hydrogen) atoms. The average molecular weight is 255 g/mol. The zero-order valence-corrected chi connectivity index (χ0v) is 10.4. The van der Waals surface area contributed by atoms with E-state index in [-0.39, 0.29) is 5.92 Å². The molecule has 74 valence electrons. The Morgan fingerprint density at radius 3 is 2.54 bits per heavy atom. The lowest BCUT2D eigenvalue weighted by atomic mass is 10.2. The molecule has 0 radical (unpaired) electrons. The van der Waals surface area contributed by atoms with E-state index in [0.29, 0.717) is 9.61 Å². The van der Waals surface area contributed by atoms with Crippen LogP contribution in [0, 0.1) is 5.92 Å². The van der Waals surface area contributed by atoms with Gasteiger partial charge in [-0.3, -0.25) is 0 Å². The smallest absolute Gasteiger partial charge is 0.0614 e. The van der Waals surface area contributed by atoms with Crippen molar-refractivity contribution in [2.75, 3.05) is 11.5 Å².